The lowest BCUT2D eigenvalue weighted by Crippen LogP contribution is -2.30. The van der Waals surface area contributed by atoms with Crippen molar-refractivity contribution in [2.24, 2.45) is 0 Å². The number of carbonyl (C=O) groups is 3. The average molecular weight is 1080 g/mol. The van der Waals surface area contributed by atoms with Crippen LogP contribution in [-0.2, 0) is 28.6 Å². The van der Waals surface area contributed by atoms with E-state index in [2.05, 4.69) is 81.5 Å². The second-order valence-corrected chi connectivity index (χ2v) is 22.7. The maximum Gasteiger partial charge on any atom is 0.306 e. The van der Waals surface area contributed by atoms with E-state index in [0.717, 1.165) is 83.5 Å². The van der Waals surface area contributed by atoms with Gasteiger partial charge in [-0.05, 0) is 103 Å². The number of ether oxygens (including phenoxy) is 3. The highest BCUT2D eigenvalue weighted by Gasteiger charge is 2.19. The molecule has 0 amide bonds. The third-order valence-corrected chi connectivity index (χ3v) is 15.0. The van der Waals surface area contributed by atoms with E-state index in [4.69, 9.17) is 14.2 Å². The molecule has 1 atom stereocenters. The molecule has 0 aliphatic rings. The largest absolute Gasteiger partial charge is 0.462 e. The van der Waals surface area contributed by atoms with Crippen LogP contribution in [-0.4, -0.2) is 37.2 Å². The third-order valence-electron chi connectivity index (χ3n) is 15.0. The Labute approximate surface area is 479 Å². The molecule has 0 saturated carbocycles. The highest BCUT2D eigenvalue weighted by atomic mass is 16.6. The molecule has 77 heavy (non-hydrogen) atoms. The van der Waals surface area contributed by atoms with Gasteiger partial charge < -0.3 is 14.2 Å². The van der Waals surface area contributed by atoms with Crippen LogP contribution in [0.1, 0.15) is 355 Å². The standard InChI is InChI=1S/C71H128O6/c1-4-7-10-13-16-19-22-25-28-30-32-33-34-35-36-37-38-39-40-42-43-46-49-52-55-58-61-64-70(73)76-67-68(66-75-69(72)63-60-57-54-51-48-45-27-24-21-18-15-12-9-6-3)77-71(74)65-62-59-56-53-50-47-44-41-31-29-26-23-20-17-14-11-8-5-2/h15,18,22,24-25,27,29-32,68H,4-14,16-17,19-21,23,26,28,33-67H2,1-3H3/b18-15-,25-22-,27-24-,31-29-,32-30-. The fourth-order valence-electron chi connectivity index (χ4n) is 9.84. The van der Waals surface area contributed by atoms with E-state index < -0.39 is 6.10 Å². The van der Waals surface area contributed by atoms with Crippen molar-refractivity contribution in [2.45, 2.75) is 361 Å². The minimum atomic E-state index is -0.783. The molecular weight excluding hydrogens is 949 g/mol. The van der Waals surface area contributed by atoms with Crippen LogP contribution in [0, 0.1) is 0 Å². The molecule has 0 heterocycles. The van der Waals surface area contributed by atoms with Crippen molar-refractivity contribution < 1.29 is 28.6 Å². The van der Waals surface area contributed by atoms with Gasteiger partial charge in [0.25, 0.3) is 0 Å². The number of hydrogen-bond donors (Lipinski definition) is 0. The second kappa shape index (κ2) is 65.6. The molecule has 1 unspecified atom stereocenters. The van der Waals surface area contributed by atoms with Gasteiger partial charge in [0, 0.05) is 19.3 Å². The monoisotopic (exact) mass is 1080 g/mol. The van der Waals surface area contributed by atoms with Gasteiger partial charge in [0.1, 0.15) is 13.2 Å². The lowest BCUT2D eigenvalue weighted by molar-refractivity contribution is -0.167. The molecule has 6 nitrogen and oxygen atoms in total. The Morgan fingerprint density at radius 2 is 0.481 bits per heavy atom. The molecule has 0 radical (unpaired) electrons. The van der Waals surface area contributed by atoms with Crippen molar-refractivity contribution in [2.75, 3.05) is 13.2 Å². The average Bonchev–Trinajstić information content (AvgIpc) is 3.43. The Kier molecular flexibility index (Phi) is 63.2. The van der Waals surface area contributed by atoms with Crippen LogP contribution in [0.4, 0.5) is 0 Å². The molecule has 0 fully saturated rings. The molecule has 6 heteroatoms. The molecule has 0 spiro atoms. The van der Waals surface area contributed by atoms with E-state index in [1.165, 1.54) is 231 Å². The first-order valence-electron chi connectivity index (χ1n) is 33.8. The molecule has 0 rings (SSSR count). The lowest BCUT2D eigenvalue weighted by atomic mass is 10.0. The topological polar surface area (TPSA) is 78.9 Å². The summed E-state index contributed by atoms with van der Waals surface area (Å²) < 4.78 is 16.9. The first kappa shape index (κ1) is 74.1. The summed E-state index contributed by atoms with van der Waals surface area (Å²) in [6, 6.07) is 0. The van der Waals surface area contributed by atoms with Gasteiger partial charge in [-0.15, -0.1) is 0 Å². The second-order valence-electron chi connectivity index (χ2n) is 22.7. The van der Waals surface area contributed by atoms with Crippen LogP contribution in [0.3, 0.4) is 0 Å². The zero-order valence-electron chi connectivity index (χ0n) is 51.5. The van der Waals surface area contributed by atoms with E-state index in [1.54, 1.807) is 0 Å². The highest BCUT2D eigenvalue weighted by Crippen LogP contribution is 2.17. The number of rotatable bonds is 62. The van der Waals surface area contributed by atoms with E-state index in [0.29, 0.717) is 19.3 Å². The summed E-state index contributed by atoms with van der Waals surface area (Å²) in [4.78, 5) is 38.3. The van der Waals surface area contributed by atoms with E-state index in [9.17, 15) is 14.4 Å². The van der Waals surface area contributed by atoms with E-state index in [1.807, 2.05) is 0 Å². The Bertz CT molecular complexity index is 1380. The van der Waals surface area contributed by atoms with Gasteiger partial charge in [-0.3, -0.25) is 14.4 Å². The van der Waals surface area contributed by atoms with Gasteiger partial charge in [0.15, 0.2) is 6.10 Å². The maximum absolute atomic E-state index is 12.9. The summed E-state index contributed by atoms with van der Waals surface area (Å²) in [5, 5.41) is 0. The van der Waals surface area contributed by atoms with Gasteiger partial charge in [-0.2, -0.15) is 0 Å². The molecule has 0 N–H and O–H groups in total. The van der Waals surface area contributed by atoms with Gasteiger partial charge >= 0.3 is 17.9 Å². The Hall–Kier alpha value is -2.89. The molecule has 0 saturated heterocycles. The van der Waals surface area contributed by atoms with E-state index in [-0.39, 0.29) is 31.1 Å². The Balaban J connectivity index is 4.26. The van der Waals surface area contributed by atoms with Crippen molar-refractivity contribution in [3.63, 3.8) is 0 Å². The van der Waals surface area contributed by atoms with Crippen LogP contribution in [0.15, 0.2) is 60.8 Å². The Morgan fingerprint density at radius 3 is 0.766 bits per heavy atom. The van der Waals surface area contributed by atoms with Crippen molar-refractivity contribution in [1.29, 1.82) is 0 Å². The van der Waals surface area contributed by atoms with Crippen LogP contribution >= 0.6 is 0 Å². The summed E-state index contributed by atoms with van der Waals surface area (Å²) in [6.45, 7) is 6.62. The summed E-state index contributed by atoms with van der Waals surface area (Å²) >= 11 is 0. The Morgan fingerprint density at radius 1 is 0.260 bits per heavy atom. The predicted octanol–water partition coefficient (Wildman–Crippen LogP) is 23.1. The van der Waals surface area contributed by atoms with Crippen LogP contribution in [0.5, 0.6) is 0 Å². The van der Waals surface area contributed by atoms with Crippen LogP contribution < -0.4 is 0 Å². The normalized spacial score (nSPS) is 12.4. The zero-order chi connectivity index (χ0) is 55.7. The van der Waals surface area contributed by atoms with Gasteiger partial charge in [-0.25, -0.2) is 0 Å². The third kappa shape index (κ3) is 63.8. The molecule has 0 aromatic rings. The minimum absolute atomic E-state index is 0.0780. The molecule has 448 valence electrons. The van der Waals surface area contributed by atoms with Crippen molar-refractivity contribution in [3.05, 3.63) is 60.8 Å². The molecular formula is C71H128O6. The number of esters is 3. The number of unbranched alkanes of at least 4 members (excludes halogenated alkanes) is 41. The molecule has 0 bridgehead atoms. The fourth-order valence-corrected chi connectivity index (χ4v) is 9.84. The predicted molar refractivity (Wildman–Crippen MR) is 335 cm³/mol. The number of allylic oxidation sites excluding steroid dienone is 10. The number of carbonyl (C=O) groups excluding carboxylic acids is 3. The van der Waals surface area contributed by atoms with E-state index >= 15 is 0 Å². The molecule has 0 aliphatic carbocycles. The van der Waals surface area contributed by atoms with Crippen molar-refractivity contribution in [1.82, 2.24) is 0 Å². The molecule has 0 aromatic heterocycles. The van der Waals surface area contributed by atoms with Crippen molar-refractivity contribution >= 4 is 17.9 Å². The van der Waals surface area contributed by atoms with Gasteiger partial charge in [-0.1, -0.05) is 293 Å². The molecule has 0 aliphatic heterocycles. The lowest BCUT2D eigenvalue weighted by Gasteiger charge is -2.18. The fraction of sp³-hybridized carbons (Fsp3) is 0.817. The summed E-state index contributed by atoms with van der Waals surface area (Å²) in [7, 11) is 0. The smallest absolute Gasteiger partial charge is 0.306 e. The molecule has 0 aromatic carbocycles. The quantitative estimate of drug-likeness (QED) is 0.0261. The summed E-state index contributed by atoms with van der Waals surface area (Å²) in [5.74, 6) is -0.878. The number of hydrogen-bond acceptors (Lipinski definition) is 6. The SMILES string of the molecule is CCCC/C=C\C/C=C\CCCCCCCC(=O)OCC(COC(=O)CCCCCCCCCCCCCCCCC/C=C\C/C=C\CCCCCCC)OC(=O)CCCCCCCCC/C=C\CCCCCCCCC. The van der Waals surface area contributed by atoms with Gasteiger partial charge in [0.05, 0.1) is 0 Å². The van der Waals surface area contributed by atoms with Crippen LogP contribution in [0.2, 0.25) is 0 Å². The van der Waals surface area contributed by atoms with Gasteiger partial charge in [0.2, 0.25) is 0 Å². The zero-order valence-corrected chi connectivity index (χ0v) is 51.5. The summed E-state index contributed by atoms with van der Waals surface area (Å²) in [5.41, 5.74) is 0. The maximum atomic E-state index is 12.9. The van der Waals surface area contributed by atoms with Crippen molar-refractivity contribution in [3.8, 4) is 0 Å². The summed E-state index contributed by atoms with van der Waals surface area (Å²) in [6.07, 6.45) is 83.8. The van der Waals surface area contributed by atoms with Crippen LogP contribution in [0.25, 0.3) is 0 Å². The first-order chi connectivity index (χ1) is 38.0. The minimum Gasteiger partial charge on any atom is -0.462 e. The first-order valence-corrected chi connectivity index (χ1v) is 33.8. The highest BCUT2D eigenvalue weighted by molar-refractivity contribution is 5.71.